The summed E-state index contributed by atoms with van der Waals surface area (Å²) in [6.45, 7) is 2.95. The monoisotopic (exact) mass is 927 g/mol. The molecule has 0 fully saturated rings. The summed E-state index contributed by atoms with van der Waals surface area (Å²) in [5.74, 6) is 1.04. The van der Waals surface area contributed by atoms with Crippen molar-refractivity contribution >= 4 is 44.4 Å². The summed E-state index contributed by atoms with van der Waals surface area (Å²) in [6, 6.07) is 72.2. The third-order valence-electron chi connectivity index (χ3n) is 15.6. The summed E-state index contributed by atoms with van der Waals surface area (Å²) in [6.07, 6.45) is 28.6. The molecule has 3 nitrogen and oxygen atoms in total. The Kier molecular flexibility index (Phi) is 11.3. The van der Waals surface area contributed by atoms with Gasteiger partial charge in [-0.2, -0.15) is 0 Å². The lowest BCUT2D eigenvalue weighted by Gasteiger charge is -2.31. The summed E-state index contributed by atoms with van der Waals surface area (Å²) < 4.78 is 2.42. The van der Waals surface area contributed by atoms with Crippen molar-refractivity contribution < 1.29 is 0 Å². The fraction of sp³-hybridized carbons (Fsp3) is 0.130. The first-order valence-corrected chi connectivity index (χ1v) is 25.8. The van der Waals surface area contributed by atoms with Crippen LogP contribution in [0.25, 0.3) is 66.4 Å². The zero-order valence-corrected chi connectivity index (χ0v) is 40.6. The Morgan fingerprint density at radius 3 is 1.71 bits per heavy atom. The maximum atomic E-state index is 2.60. The third kappa shape index (κ3) is 8.25. The number of para-hydroxylation sites is 4. The molecule has 0 N–H and O–H groups in total. The van der Waals surface area contributed by atoms with Gasteiger partial charge < -0.3 is 14.4 Å². The van der Waals surface area contributed by atoms with E-state index in [0.717, 1.165) is 44.6 Å². The van der Waals surface area contributed by atoms with E-state index in [4.69, 9.17) is 0 Å². The first-order valence-electron chi connectivity index (χ1n) is 25.8. The van der Waals surface area contributed by atoms with Crippen molar-refractivity contribution in [1.29, 1.82) is 0 Å². The highest BCUT2D eigenvalue weighted by Crippen LogP contribution is 2.50. The Bertz CT molecular complexity index is 3610. The lowest BCUT2D eigenvalue weighted by atomic mass is 9.75. The van der Waals surface area contributed by atoms with E-state index < -0.39 is 0 Å². The van der Waals surface area contributed by atoms with Crippen molar-refractivity contribution in [3.63, 3.8) is 0 Å². The SMILES string of the molecule is C1=CCC(CN(CC2C=CC=CC2)c2ccc(-c3ccc(-c4cc(C5=CCC6(C=C5)CN(c5ccccc5)c5ccccc56)cc(-c5ccc6c7ccccc7n(-c7ccccc7)c6c5)c4)cc3)cc2)C=C1. The van der Waals surface area contributed by atoms with Crippen LogP contribution in [0.5, 0.6) is 0 Å². The highest BCUT2D eigenvalue weighted by atomic mass is 15.2. The van der Waals surface area contributed by atoms with Gasteiger partial charge in [0.25, 0.3) is 0 Å². The number of allylic oxidation sites excluding steroid dienone is 9. The van der Waals surface area contributed by atoms with Crippen molar-refractivity contribution in [3.8, 4) is 39.1 Å². The fourth-order valence-corrected chi connectivity index (χ4v) is 11.9. The van der Waals surface area contributed by atoms with Gasteiger partial charge in [-0.05, 0) is 154 Å². The summed E-state index contributed by atoms with van der Waals surface area (Å²) in [5.41, 5.74) is 18.5. The second-order valence-corrected chi connectivity index (χ2v) is 20.2. The van der Waals surface area contributed by atoms with E-state index in [1.165, 1.54) is 88.9 Å². The molecular weight excluding hydrogens is 871 g/mol. The molecule has 3 heteroatoms. The lowest BCUT2D eigenvalue weighted by molar-refractivity contribution is 0.561. The Morgan fingerprint density at radius 2 is 1.04 bits per heavy atom. The van der Waals surface area contributed by atoms with Crippen LogP contribution in [-0.2, 0) is 5.41 Å². The molecule has 1 spiro atoms. The quantitative estimate of drug-likeness (QED) is 0.128. The number of hydrogen-bond donors (Lipinski definition) is 0. The molecule has 348 valence electrons. The number of benzene rings is 8. The molecule has 2 heterocycles. The van der Waals surface area contributed by atoms with Gasteiger partial charge in [-0.1, -0.05) is 188 Å². The molecule has 0 bridgehead atoms. The van der Waals surface area contributed by atoms with Crippen LogP contribution in [0.2, 0.25) is 0 Å². The number of anilines is 3. The van der Waals surface area contributed by atoms with E-state index >= 15 is 0 Å². The molecule has 4 aliphatic rings. The Hall–Kier alpha value is -8.40. The summed E-state index contributed by atoms with van der Waals surface area (Å²) >= 11 is 0. The van der Waals surface area contributed by atoms with Gasteiger partial charge in [-0.15, -0.1) is 0 Å². The van der Waals surface area contributed by atoms with Gasteiger partial charge >= 0.3 is 0 Å². The van der Waals surface area contributed by atoms with E-state index in [-0.39, 0.29) is 5.41 Å². The molecule has 72 heavy (non-hydrogen) atoms. The smallest absolute Gasteiger partial charge is 0.0547 e. The molecule has 0 amide bonds. The molecule has 1 aromatic heterocycles. The minimum absolute atomic E-state index is 0.104. The van der Waals surface area contributed by atoms with Crippen molar-refractivity contribution in [1.82, 2.24) is 4.57 Å². The second-order valence-electron chi connectivity index (χ2n) is 20.2. The highest BCUT2D eigenvalue weighted by Gasteiger charge is 2.41. The van der Waals surface area contributed by atoms with E-state index in [2.05, 4.69) is 275 Å². The van der Waals surface area contributed by atoms with Gasteiger partial charge in [0.1, 0.15) is 0 Å². The molecule has 3 unspecified atom stereocenters. The number of aromatic nitrogens is 1. The van der Waals surface area contributed by atoms with Crippen LogP contribution in [0.1, 0.15) is 30.4 Å². The molecule has 0 saturated heterocycles. The zero-order chi connectivity index (χ0) is 47.8. The first-order chi connectivity index (χ1) is 35.6. The molecule has 13 rings (SSSR count). The molecule has 0 radical (unpaired) electrons. The summed E-state index contributed by atoms with van der Waals surface area (Å²) in [4.78, 5) is 5.10. The van der Waals surface area contributed by atoms with Crippen LogP contribution in [0, 0.1) is 11.8 Å². The van der Waals surface area contributed by atoms with Gasteiger partial charge in [-0.3, -0.25) is 0 Å². The van der Waals surface area contributed by atoms with E-state index in [0.29, 0.717) is 11.8 Å². The second kappa shape index (κ2) is 18.7. The zero-order valence-electron chi connectivity index (χ0n) is 40.6. The Morgan fingerprint density at radius 1 is 0.472 bits per heavy atom. The summed E-state index contributed by atoms with van der Waals surface area (Å²) in [5, 5.41) is 2.52. The maximum Gasteiger partial charge on any atom is 0.0547 e. The van der Waals surface area contributed by atoms with Gasteiger partial charge in [0.2, 0.25) is 0 Å². The fourth-order valence-electron chi connectivity index (χ4n) is 11.9. The predicted molar refractivity (Wildman–Crippen MR) is 305 cm³/mol. The largest absolute Gasteiger partial charge is 0.370 e. The van der Waals surface area contributed by atoms with Crippen molar-refractivity contribution in [2.75, 3.05) is 29.4 Å². The Balaban J connectivity index is 0.855. The van der Waals surface area contributed by atoms with Crippen molar-refractivity contribution in [3.05, 3.63) is 272 Å². The van der Waals surface area contributed by atoms with Crippen LogP contribution in [0.15, 0.2) is 261 Å². The molecule has 3 atom stereocenters. The average molecular weight is 928 g/mol. The van der Waals surface area contributed by atoms with E-state index in [1.807, 2.05) is 0 Å². The van der Waals surface area contributed by atoms with Crippen molar-refractivity contribution in [2.24, 2.45) is 11.8 Å². The summed E-state index contributed by atoms with van der Waals surface area (Å²) in [7, 11) is 0. The molecular formula is C69H57N3. The molecule has 0 saturated carbocycles. The van der Waals surface area contributed by atoms with Crippen molar-refractivity contribution in [2.45, 2.75) is 24.7 Å². The average Bonchev–Trinajstić information content (AvgIpc) is 3.96. The van der Waals surface area contributed by atoms with E-state index in [9.17, 15) is 0 Å². The highest BCUT2D eigenvalue weighted by molar-refractivity contribution is 6.10. The van der Waals surface area contributed by atoms with Gasteiger partial charge in [0.15, 0.2) is 0 Å². The first kappa shape index (κ1) is 43.6. The molecule has 1 aliphatic heterocycles. The normalized spacial score (nSPS) is 18.8. The minimum atomic E-state index is -0.104. The number of hydrogen-bond acceptors (Lipinski definition) is 2. The third-order valence-corrected chi connectivity index (χ3v) is 15.6. The van der Waals surface area contributed by atoms with E-state index in [1.54, 1.807) is 0 Å². The van der Waals surface area contributed by atoms with Crippen LogP contribution in [0.3, 0.4) is 0 Å². The van der Waals surface area contributed by atoms with Crippen LogP contribution in [0.4, 0.5) is 17.1 Å². The van der Waals surface area contributed by atoms with Gasteiger partial charge in [0.05, 0.1) is 11.0 Å². The standard InChI is InChI=1S/C69H57N3/c1-5-17-50(18-6-1)47-70(48-51-19-7-2-8-20-51)60-36-33-53(34-37-60)52-29-31-54(32-30-52)57-43-58(55-39-41-69(42-40-55)49-71(61-21-9-3-10-22-61)67-28-16-14-26-65(67)69)45-59(44-57)56-35-38-64-63-25-13-15-27-66(63)72(68(64)46-56)62-23-11-4-12-24-62/h1-17,19,21-41,43-46,50-51H,18,20,42,47-49H2. The number of rotatable bonds is 11. The topological polar surface area (TPSA) is 11.4 Å². The predicted octanol–water partition coefficient (Wildman–Crippen LogP) is 17.3. The lowest BCUT2D eigenvalue weighted by Crippen LogP contribution is -2.33. The van der Waals surface area contributed by atoms with Gasteiger partial charge in [-0.25, -0.2) is 0 Å². The molecule has 9 aromatic rings. The number of nitrogens with zero attached hydrogens (tertiary/aromatic N) is 3. The Labute approximate surface area is 424 Å². The maximum absolute atomic E-state index is 2.60. The molecule has 3 aliphatic carbocycles. The van der Waals surface area contributed by atoms with Crippen LogP contribution in [-0.4, -0.2) is 24.2 Å². The minimum Gasteiger partial charge on any atom is -0.370 e. The van der Waals surface area contributed by atoms with Gasteiger partial charge in [0, 0.05) is 58.6 Å². The van der Waals surface area contributed by atoms with Crippen LogP contribution >= 0.6 is 0 Å². The van der Waals surface area contributed by atoms with Crippen LogP contribution < -0.4 is 9.80 Å². The number of fused-ring (bicyclic) bond motifs is 5. The molecule has 8 aromatic carbocycles.